The summed E-state index contributed by atoms with van der Waals surface area (Å²) in [4.78, 5) is 0.0588. The molecule has 7 heteroatoms. The molecule has 0 saturated carbocycles. The lowest BCUT2D eigenvalue weighted by Gasteiger charge is -2.34. The number of hydrogen-bond donors (Lipinski definition) is 0. The second kappa shape index (κ2) is 5.32. The first-order valence-electron chi connectivity index (χ1n) is 6.53. The Bertz CT molecular complexity index is 786. The Balaban J connectivity index is 2.05. The highest BCUT2D eigenvalue weighted by molar-refractivity contribution is 7.89. The van der Waals surface area contributed by atoms with Crippen molar-refractivity contribution >= 4 is 33.2 Å². The van der Waals surface area contributed by atoms with E-state index < -0.39 is 10.0 Å². The molecule has 1 atom stereocenters. The Labute approximate surface area is 133 Å². The van der Waals surface area contributed by atoms with Gasteiger partial charge in [0.25, 0.3) is 0 Å². The lowest BCUT2D eigenvalue weighted by atomic mass is 10.2. The van der Waals surface area contributed by atoms with Gasteiger partial charge in [-0.3, -0.25) is 0 Å². The maximum absolute atomic E-state index is 12.9. The SMILES string of the molecule is CC1c2cccn2CCN1S(=O)(=O)c1cc(Cl)ccc1Cl. The summed E-state index contributed by atoms with van der Waals surface area (Å²) in [5, 5.41) is 0.540. The van der Waals surface area contributed by atoms with Gasteiger partial charge >= 0.3 is 0 Å². The third-order valence-electron chi connectivity index (χ3n) is 3.77. The van der Waals surface area contributed by atoms with E-state index in [9.17, 15) is 8.42 Å². The van der Waals surface area contributed by atoms with Crippen LogP contribution in [0.15, 0.2) is 41.4 Å². The molecule has 0 amide bonds. The van der Waals surface area contributed by atoms with Gasteiger partial charge in [-0.1, -0.05) is 23.2 Å². The van der Waals surface area contributed by atoms with Crippen LogP contribution in [0.25, 0.3) is 0 Å². The van der Waals surface area contributed by atoms with Crippen LogP contribution in [0, 0.1) is 0 Å². The maximum Gasteiger partial charge on any atom is 0.245 e. The van der Waals surface area contributed by atoms with Crippen molar-refractivity contribution in [1.29, 1.82) is 0 Å². The third-order valence-corrected chi connectivity index (χ3v) is 6.45. The van der Waals surface area contributed by atoms with E-state index in [0.717, 1.165) is 5.69 Å². The van der Waals surface area contributed by atoms with Crippen molar-refractivity contribution in [3.63, 3.8) is 0 Å². The highest BCUT2D eigenvalue weighted by atomic mass is 35.5. The Morgan fingerprint density at radius 2 is 1.95 bits per heavy atom. The Morgan fingerprint density at radius 3 is 2.71 bits per heavy atom. The summed E-state index contributed by atoms with van der Waals surface area (Å²) in [6, 6.07) is 8.11. The summed E-state index contributed by atoms with van der Waals surface area (Å²) in [6.07, 6.45) is 1.96. The minimum Gasteiger partial charge on any atom is -0.349 e. The van der Waals surface area contributed by atoms with Crippen molar-refractivity contribution in [2.45, 2.75) is 24.4 Å². The number of halogens is 2. The van der Waals surface area contributed by atoms with Gasteiger partial charge in [-0.15, -0.1) is 0 Å². The molecule has 0 spiro atoms. The van der Waals surface area contributed by atoms with Gasteiger partial charge in [0.2, 0.25) is 10.0 Å². The molecule has 1 aromatic heterocycles. The predicted molar refractivity (Wildman–Crippen MR) is 83.2 cm³/mol. The van der Waals surface area contributed by atoms with Crippen LogP contribution in [0.2, 0.25) is 10.0 Å². The number of sulfonamides is 1. The van der Waals surface area contributed by atoms with Gasteiger partial charge < -0.3 is 4.57 Å². The van der Waals surface area contributed by atoms with Crippen molar-refractivity contribution in [3.05, 3.63) is 52.3 Å². The van der Waals surface area contributed by atoms with E-state index >= 15 is 0 Å². The van der Waals surface area contributed by atoms with Gasteiger partial charge in [0.1, 0.15) is 4.90 Å². The van der Waals surface area contributed by atoms with Crippen LogP contribution in [-0.2, 0) is 16.6 Å². The van der Waals surface area contributed by atoms with E-state index in [2.05, 4.69) is 4.57 Å². The lowest BCUT2D eigenvalue weighted by molar-refractivity contribution is 0.282. The van der Waals surface area contributed by atoms with Crippen molar-refractivity contribution in [2.24, 2.45) is 0 Å². The molecule has 1 aliphatic heterocycles. The molecule has 0 N–H and O–H groups in total. The lowest BCUT2D eigenvalue weighted by Crippen LogP contribution is -2.40. The molecule has 2 heterocycles. The maximum atomic E-state index is 12.9. The second-order valence-electron chi connectivity index (χ2n) is 4.99. The number of nitrogens with zero attached hydrogens (tertiary/aromatic N) is 2. The van der Waals surface area contributed by atoms with Crippen LogP contribution in [0.5, 0.6) is 0 Å². The van der Waals surface area contributed by atoms with Crippen LogP contribution in [-0.4, -0.2) is 23.8 Å². The minimum absolute atomic E-state index is 0.0588. The number of benzene rings is 1. The molecule has 0 fully saturated rings. The molecular formula is C14H14Cl2N2O2S. The van der Waals surface area contributed by atoms with Gasteiger partial charge in [0, 0.05) is 30.0 Å². The Morgan fingerprint density at radius 1 is 1.19 bits per heavy atom. The first-order chi connectivity index (χ1) is 9.91. The fourth-order valence-electron chi connectivity index (χ4n) is 2.69. The zero-order valence-electron chi connectivity index (χ0n) is 11.3. The number of aromatic nitrogens is 1. The molecule has 0 bridgehead atoms. The molecule has 3 rings (SSSR count). The average molecular weight is 345 g/mol. The Hall–Kier alpha value is -1.01. The molecular weight excluding hydrogens is 331 g/mol. The molecule has 4 nitrogen and oxygen atoms in total. The molecule has 2 aromatic rings. The molecule has 21 heavy (non-hydrogen) atoms. The van der Waals surface area contributed by atoms with Crippen molar-refractivity contribution in [1.82, 2.24) is 8.87 Å². The van der Waals surface area contributed by atoms with Crippen molar-refractivity contribution < 1.29 is 8.42 Å². The standard InChI is InChI=1S/C14H14Cl2N2O2S/c1-10-13-3-2-6-17(13)7-8-18(10)21(19,20)14-9-11(15)4-5-12(14)16/h2-6,9-10H,7-8H2,1H3. The van der Waals surface area contributed by atoms with Crippen molar-refractivity contribution in [3.8, 4) is 0 Å². The topological polar surface area (TPSA) is 42.3 Å². The average Bonchev–Trinajstić information content (AvgIpc) is 2.91. The van der Waals surface area contributed by atoms with Crippen molar-refractivity contribution in [2.75, 3.05) is 6.54 Å². The molecule has 0 radical (unpaired) electrons. The van der Waals surface area contributed by atoms with Crippen LogP contribution in [0.1, 0.15) is 18.7 Å². The monoisotopic (exact) mass is 344 g/mol. The van der Waals surface area contributed by atoms with Crippen LogP contribution in [0.3, 0.4) is 0 Å². The summed E-state index contributed by atoms with van der Waals surface area (Å²) in [5.41, 5.74) is 0.975. The van der Waals surface area contributed by atoms with E-state index in [1.807, 2.05) is 25.3 Å². The minimum atomic E-state index is -3.68. The first-order valence-corrected chi connectivity index (χ1v) is 8.73. The van der Waals surface area contributed by atoms with E-state index in [4.69, 9.17) is 23.2 Å². The van der Waals surface area contributed by atoms with Gasteiger partial charge in [-0.25, -0.2) is 8.42 Å². The fraction of sp³-hybridized carbons (Fsp3) is 0.286. The first kappa shape index (κ1) is 14.9. The van der Waals surface area contributed by atoms with Crippen LogP contribution in [0.4, 0.5) is 0 Å². The van der Waals surface area contributed by atoms with Gasteiger partial charge in [0.15, 0.2) is 0 Å². The Kier molecular flexibility index (Phi) is 3.78. The summed E-state index contributed by atoms with van der Waals surface area (Å²) in [6.45, 7) is 2.92. The van der Waals surface area contributed by atoms with Gasteiger partial charge in [-0.2, -0.15) is 4.31 Å². The predicted octanol–water partition coefficient (Wildman–Crippen LogP) is 3.56. The summed E-state index contributed by atoms with van der Waals surface area (Å²) >= 11 is 12.0. The highest BCUT2D eigenvalue weighted by Gasteiger charge is 2.35. The molecule has 0 saturated heterocycles. The number of fused-ring (bicyclic) bond motifs is 1. The van der Waals surface area contributed by atoms with E-state index in [1.165, 1.54) is 16.4 Å². The molecule has 1 aromatic carbocycles. The smallest absolute Gasteiger partial charge is 0.245 e. The largest absolute Gasteiger partial charge is 0.349 e. The zero-order chi connectivity index (χ0) is 15.2. The zero-order valence-corrected chi connectivity index (χ0v) is 13.7. The van der Waals surface area contributed by atoms with E-state index in [0.29, 0.717) is 18.1 Å². The summed E-state index contributed by atoms with van der Waals surface area (Å²) < 4.78 is 29.3. The van der Waals surface area contributed by atoms with Crippen LogP contribution >= 0.6 is 23.2 Å². The second-order valence-corrected chi connectivity index (χ2v) is 7.70. The normalized spacial score (nSPS) is 19.5. The third kappa shape index (κ3) is 2.48. The van der Waals surface area contributed by atoms with Gasteiger partial charge in [-0.05, 0) is 37.3 Å². The number of rotatable bonds is 2. The van der Waals surface area contributed by atoms with E-state index in [-0.39, 0.29) is 16.0 Å². The number of hydrogen-bond acceptors (Lipinski definition) is 2. The van der Waals surface area contributed by atoms with Gasteiger partial charge in [0.05, 0.1) is 11.1 Å². The van der Waals surface area contributed by atoms with E-state index in [1.54, 1.807) is 6.07 Å². The fourth-order valence-corrected chi connectivity index (χ4v) is 5.02. The molecule has 112 valence electrons. The summed E-state index contributed by atoms with van der Waals surface area (Å²) in [5.74, 6) is 0. The quantitative estimate of drug-likeness (QED) is 0.835. The van der Waals surface area contributed by atoms with Crippen LogP contribution < -0.4 is 0 Å². The highest BCUT2D eigenvalue weighted by Crippen LogP contribution is 2.34. The molecule has 1 unspecified atom stereocenters. The molecule has 0 aliphatic carbocycles. The summed E-state index contributed by atoms with van der Waals surface area (Å²) in [7, 11) is -3.68. The molecule has 1 aliphatic rings.